The lowest BCUT2D eigenvalue weighted by Gasteiger charge is -2.31. The van der Waals surface area contributed by atoms with E-state index in [9.17, 15) is 10.2 Å². The molecule has 0 saturated carbocycles. The standard InChI is InChI=1S/C16H26O2/c1-4-14-5-7-15(8-6-14)10-16(11-17,12-18)9-13(2)3/h5-8,13,17-18H,4,9-12H2,1-3H3. The summed E-state index contributed by atoms with van der Waals surface area (Å²) in [5.74, 6) is 0.471. The maximum atomic E-state index is 9.63. The molecule has 2 nitrogen and oxygen atoms in total. The molecule has 1 rings (SSSR count). The Morgan fingerprint density at radius 2 is 1.50 bits per heavy atom. The van der Waals surface area contributed by atoms with Crippen LogP contribution in [0.3, 0.4) is 0 Å². The van der Waals surface area contributed by atoms with Crippen LogP contribution in [-0.2, 0) is 12.8 Å². The molecular weight excluding hydrogens is 224 g/mol. The summed E-state index contributed by atoms with van der Waals surface area (Å²) in [6.45, 7) is 6.47. The van der Waals surface area contributed by atoms with Gasteiger partial charge in [-0.25, -0.2) is 0 Å². The van der Waals surface area contributed by atoms with Crippen molar-refractivity contribution in [1.82, 2.24) is 0 Å². The molecule has 0 aliphatic carbocycles. The van der Waals surface area contributed by atoms with Gasteiger partial charge in [0.1, 0.15) is 0 Å². The third-order valence-corrected chi connectivity index (χ3v) is 3.52. The van der Waals surface area contributed by atoms with E-state index < -0.39 is 0 Å². The fourth-order valence-corrected chi connectivity index (χ4v) is 2.55. The molecule has 0 aromatic heterocycles. The molecule has 0 unspecified atom stereocenters. The van der Waals surface area contributed by atoms with E-state index in [2.05, 4.69) is 45.0 Å². The lowest BCUT2D eigenvalue weighted by atomic mass is 9.76. The molecule has 0 bridgehead atoms. The van der Waals surface area contributed by atoms with Crippen LogP contribution in [0.5, 0.6) is 0 Å². The summed E-state index contributed by atoms with van der Waals surface area (Å²) < 4.78 is 0. The summed E-state index contributed by atoms with van der Waals surface area (Å²) in [5.41, 5.74) is 2.12. The van der Waals surface area contributed by atoms with Crippen molar-refractivity contribution in [1.29, 1.82) is 0 Å². The normalized spacial score (nSPS) is 12.1. The first kappa shape index (κ1) is 15.2. The van der Waals surface area contributed by atoms with E-state index in [4.69, 9.17) is 0 Å². The number of aliphatic hydroxyl groups is 2. The summed E-state index contributed by atoms with van der Waals surface area (Å²) in [6.07, 6.45) is 2.62. The van der Waals surface area contributed by atoms with Crippen LogP contribution >= 0.6 is 0 Å². The molecular formula is C16H26O2. The average molecular weight is 250 g/mol. The van der Waals surface area contributed by atoms with Gasteiger partial charge in [0.2, 0.25) is 0 Å². The molecule has 2 N–H and O–H groups in total. The van der Waals surface area contributed by atoms with Crippen LogP contribution in [0, 0.1) is 11.3 Å². The Morgan fingerprint density at radius 1 is 1.00 bits per heavy atom. The predicted molar refractivity (Wildman–Crippen MR) is 75.6 cm³/mol. The second-order valence-electron chi connectivity index (χ2n) is 5.76. The molecule has 0 atom stereocenters. The van der Waals surface area contributed by atoms with E-state index in [0.717, 1.165) is 19.3 Å². The second kappa shape index (κ2) is 6.91. The number of aliphatic hydroxyl groups excluding tert-OH is 2. The van der Waals surface area contributed by atoms with Gasteiger partial charge in [0.05, 0.1) is 13.2 Å². The van der Waals surface area contributed by atoms with Crippen molar-refractivity contribution in [2.75, 3.05) is 13.2 Å². The molecule has 0 heterocycles. The fraction of sp³-hybridized carbons (Fsp3) is 0.625. The molecule has 0 saturated heterocycles. The van der Waals surface area contributed by atoms with E-state index >= 15 is 0 Å². The summed E-state index contributed by atoms with van der Waals surface area (Å²) >= 11 is 0. The van der Waals surface area contributed by atoms with Gasteiger partial charge in [-0.05, 0) is 36.3 Å². The van der Waals surface area contributed by atoms with Gasteiger partial charge >= 0.3 is 0 Å². The Balaban J connectivity index is 2.81. The third kappa shape index (κ3) is 4.11. The van der Waals surface area contributed by atoms with Crippen LogP contribution in [0.2, 0.25) is 0 Å². The smallest absolute Gasteiger partial charge is 0.0512 e. The first-order valence-electron chi connectivity index (χ1n) is 6.85. The number of aryl methyl sites for hydroxylation is 1. The highest BCUT2D eigenvalue weighted by molar-refractivity contribution is 5.23. The van der Waals surface area contributed by atoms with Crippen molar-refractivity contribution in [2.45, 2.75) is 40.0 Å². The van der Waals surface area contributed by atoms with Crippen LogP contribution in [0.15, 0.2) is 24.3 Å². The average Bonchev–Trinajstić information content (AvgIpc) is 2.38. The SMILES string of the molecule is CCc1ccc(CC(CO)(CO)CC(C)C)cc1. The van der Waals surface area contributed by atoms with Crippen molar-refractivity contribution in [3.63, 3.8) is 0 Å². The van der Waals surface area contributed by atoms with Crippen LogP contribution in [0.4, 0.5) is 0 Å². The van der Waals surface area contributed by atoms with Crippen LogP contribution in [0.25, 0.3) is 0 Å². The van der Waals surface area contributed by atoms with Crippen molar-refractivity contribution < 1.29 is 10.2 Å². The number of rotatable bonds is 7. The molecule has 0 fully saturated rings. The highest BCUT2D eigenvalue weighted by Gasteiger charge is 2.29. The molecule has 0 amide bonds. The van der Waals surface area contributed by atoms with Crippen molar-refractivity contribution in [2.24, 2.45) is 11.3 Å². The third-order valence-electron chi connectivity index (χ3n) is 3.52. The van der Waals surface area contributed by atoms with E-state index in [-0.39, 0.29) is 18.6 Å². The topological polar surface area (TPSA) is 40.5 Å². The molecule has 2 heteroatoms. The summed E-state index contributed by atoms with van der Waals surface area (Å²) in [7, 11) is 0. The molecule has 18 heavy (non-hydrogen) atoms. The lowest BCUT2D eigenvalue weighted by Crippen LogP contribution is -2.34. The van der Waals surface area contributed by atoms with Gasteiger partial charge < -0.3 is 10.2 Å². The van der Waals surface area contributed by atoms with Gasteiger partial charge in [-0.1, -0.05) is 45.0 Å². The first-order chi connectivity index (χ1) is 8.55. The fourth-order valence-electron chi connectivity index (χ4n) is 2.55. The monoisotopic (exact) mass is 250 g/mol. The minimum absolute atomic E-state index is 0.0389. The van der Waals surface area contributed by atoms with Gasteiger partial charge in [-0.3, -0.25) is 0 Å². The Kier molecular flexibility index (Phi) is 5.83. The maximum Gasteiger partial charge on any atom is 0.0512 e. The minimum Gasteiger partial charge on any atom is -0.396 e. The van der Waals surface area contributed by atoms with Crippen molar-refractivity contribution in [3.8, 4) is 0 Å². The predicted octanol–water partition coefficient (Wildman–Crippen LogP) is 2.81. The molecule has 0 aliphatic heterocycles. The Labute approximate surface area is 111 Å². The molecule has 1 aromatic carbocycles. The Bertz CT molecular complexity index is 337. The summed E-state index contributed by atoms with van der Waals surface area (Å²) in [4.78, 5) is 0. The van der Waals surface area contributed by atoms with Crippen LogP contribution in [-0.4, -0.2) is 23.4 Å². The number of hydrogen-bond donors (Lipinski definition) is 2. The van der Waals surface area contributed by atoms with Gasteiger partial charge in [0.25, 0.3) is 0 Å². The van der Waals surface area contributed by atoms with Crippen molar-refractivity contribution >= 4 is 0 Å². The zero-order valence-electron chi connectivity index (χ0n) is 11.8. The molecule has 1 aromatic rings. The van der Waals surface area contributed by atoms with Crippen molar-refractivity contribution in [3.05, 3.63) is 35.4 Å². The van der Waals surface area contributed by atoms with E-state index in [1.807, 2.05) is 0 Å². The molecule has 0 aliphatic rings. The van der Waals surface area contributed by atoms with E-state index in [0.29, 0.717) is 5.92 Å². The van der Waals surface area contributed by atoms with Gasteiger partial charge in [-0.2, -0.15) is 0 Å². The molecule has 0 spiro atoms. The first-order valence-corrected chi connectivity index (χ1v) is 6.85. The van der Waals surface area contributed by atoms with Gasteiger partial charge in [0.15, 0.2) is 0 Å². The lowest BCUT2D eigenvalue weighted by molar-refractivity contribution is 0.0369. The second-order valence-corrected chi connectivity index (χ2v) is 5.76. The van der Waals surface area contributed by atoms with Gasteiger partial charge in [-0.15, -0.1) is 0 Å². The number of hydrogen-bond acceptors (Lipinski definition) is 2. The summed E-state index contributed by atoms with van der Waals surface area (Å²) in [6, 6.07) is 8.48. The zero-order valence-corrected chi connectivity index (χ0v) is 11.8. The van der Waals surface area contributed by atoms with Crippen LogP contribution in [0.1, 0.15) is 38.3 Å². The summed E-state index contributed by atoms with van der Waals surface area (Å²) in [5, 5.41) is 19.3. The van der Waals surface area contributed by atoms with E-state index in [1.54, 1.807) is 0 Å². The largest absolute Gasteiger partial charge is 0.396 e. The Hall–Kier alpha value is -0.860. The Morgan fingerprint density at radius 3 is 1.89 bits per heavy atom. The minimum atomic E-state index is -0.387. The van der Waals surface area contributed by atoms with Gasteiger partial charge in [0, 0.05) is 5.41 Å². The maximum absolute atomic E-state index is 9.63. The van der Waals surface area contributed by atoms with E-state index in [1.165, 1.54) is 11.1 Å². The highest BCUT2D eigenvalue weighted by atomic mass is 16.3. The molecule has 102 valence electrons. The van der Waals surface area contributed by atoms with Crippen LogP contribution < -0.4 is 0 Å². The molecule has 0 radical (unpaired) electrons. The quantitative estimate of drug-likeness (QED) is 0.781. The zero-order chi connectivity index (χ0) is 13.6. The number of benzene rings is 1. The highest BCUT2D eigenvalue weighted by Crippen LogP contribution is 2.30.